The molecule has 2 aliphatic rings. The van der Waals surface area contributed by atoms with Gasteiger partial charge in [0.2, 0.25) is 11.8 Å². The Balaban J connectivity index is 1.36. The second-order valence-corrected chi connectivity index (χ2v) is 10.2. The van der Waals surface area contributed by atoms with Gasteiger partial charge in [0.15, 0.2) is 0 Å². The zero-order chi connectivity index (χ0) is 29.6. The number of benzene rings is 3. The van der Waals surface area contributed by atoms with E-state index in [-0.39, 0.29) is 24.6 Å². The number of carbonyl (C=O) groups is 4. The van der Waals surface area contributed by atoms with Crippen molar-refractivity contribution in [3.63, 3.8) is 0 Å². The highest BCUT2D eigenvalue weighted by Crippen LogP contribution is 2.29. The fraction of sp³-hybridized carbons (Fsp3) is 0.312. The van der Waals surface area contributed by atoms with E-state index in [4.69, 9.17) is 9.47 Å². The molecule has 0 aliphatic carbocycles. The van der Waals surface area contributed by atoms with Gasteiger partial charge >= 0.3 is 0 Å². The Morgan fingerprint density at radius 2 is 1.67 bits per heavy atom. The summed E-state index contributed by atoms with van der Waals surface area (Å²) in [6, 6.07) is 20.6. The maximum absolute atomic E-state index is 13.9. The normalized spacial score (nSPS) is 15.3. The van der Waals surface area contributed by atoms with E-state index >= 15 is 0 Å². The summed E-state index contributed by atoms with van der Waals surface area (Å²) in [5.41, 5.74) is 3.10. The Kier molecular flexibility index (Phi) is 8.83. The molecule has 5 rings (SSSR count). The van der Waals surface area contributed by atoms with Crippen molar-refractivity contribution in [3.8, 4) is 5.75 Å². The lowest BCUT2D eigenvalue weighted by Gasteiger charge is -2.32. The second-order valence-electron chi connectivity index (χ2n) is 10.2. The maximum atomic E-state index is 13.9. The number of nitrogens with zero attached hydrogens (tertiary/aromatic N) is 3. The average Bonchev–Trinajstić information content (AvgIpc) is 3.26. The number of fused-ring (bicyclic) bond motifs is 1. The Labute approximate surface area is 244 Å². The molecule has 0 spiro atoms. The highest BCUT2D eigenvalue weighted by Gasteiger charge is 2.38. The van der Waals surface area contributed by atoms with Gasteiger partial charge in [-0.3, -0.25) is 24.1 Å². The van der Waals surface area contributed by atoms with Crippen LogP contribution in [0.3, 0.4) is 0 Å². The highest BCUT2D eigenvalue weighted by atomic mass is 16.5. The van der Waals surface area contributed by atoms with Crippen LogP contribution in [-0.4, -0.2) is 74.4 Å². The monoisotopic (exact) mass is 570 g/mol. The molecule has 3 aromatic carbocycles. The number of nitrogens with one attached hydrogen (secondary N) is 1. The van der Waals surface area contributed by atoms with Gasteiger partial charge in [-0.05, 0) is 60.5 Å². The SMILES string of the molecule is CCC(C(=O)Nc1ccc(N2CCOCC2)cc1)N(Cc1ccc(OC)cc1)C(=O)CN1C(=O)C(=O)c2ccccc21. The molecular weight excluding hydrogens is 536 g/mol. The molecule has 1 unspecified atom stereocenters. The van der Waals surface area contributed by atoms with Crippen LogP contribution in [0.4, 0.5) is 17.1 Å². The van der Waals surface area contributed by atoms with E-state index in [1.165, 1.54) is 9.80 Å². The Morgan fingerprint density at radius 1 is 0.976 bits per heavy atom. The Morgan fingerprint density at radius 3 is 2.33 bits per heavy atom. The zero-order valence-electron chi connectivity index (χ0n) is 23.7. The molecule has 1 atom stereocenters. The number of anilines is 3. The number of methoxy groups -OCH3 is 1. The number of morpholine rings is 1. The minimum Gasteiger partial charge on any atom is -0.497 e. The molecule has 0 saturated carbocycles. The lowest BCUT2D eigenvalue weighted by atomic mass is 10.1. The van der Waals surface area contributed by atoms with Crippen LogP contribution in [-0.2, 0) is 25.7 Å². The summed E-state index contributed by atoms with van der Waals surface area (Å²) in [5, 5.41) is 2.96. The lowest BCUT2D eigenvalue weighted by molar-refractivity contribution is -0.138. The predicted molar refractivity (Wildman–Crippen MR) is 159 cm³/mol. The molecule has 42 heavy (non-hydrogen) atoms. The minimum atomic E-state index is -0.831. The van der Waals surface area contributed by atoms with Crippen LogP contribution in [0.5, 0.6) is 5.75 Å². The van der Waals surface area contributed by atoms with Crippen LogP contribution in [0.25, 0.3) is 0 Å². The number of amides is 3. The third kappa shape index (κ3) is 6.13. The number of hydrogen-bond acceptors (Lipinski definition) is 7. The van der Waals surface area contributed by atoms with E-state index in [9.17, 15) is 19.2 Å². The molecule has 1 N–H and O–H groups in total. The number of rotatable bonds is 10. The highest BCUT2D eigenvalue weighted by molar-refractivity contribution is 6.52. The molecule has 2 aliphatic heterocycles. The summed E-state index contributed by atoms with van der Waals surface area (Å²) in [7, 11) is 1.57. The lowest BCUT2D eigenvalue weighted by Crippen LogP contribution is -2.50. The van der Waals surface area contributed by atoms with Crippen molar-refractivity contribution < 1.29 is 28.7 Å². The first-order valence-electron chi connectivity index (χ1n) is 14.0. The van der Waals surface area contributed by atoms with Gasteiger partial charge in [-0.1, -0.05) is 31.2 Å². The molecule has 1 saturated heterocycles. The summed E-state index contributed by atoms with van der Waals surface area (Å²) in [5.74, 6) is -1.53. The molecule has 3 aromatic rings. The number of ketones is 1. The first-order chi connectivity index (χ1) is 20.4. The van der Waals surface area contributed by atoms with E-state index in [0.29, 0.717) is 36.8 Å². The quantitative estimate of drug-likeness (QED) is 0.372. The fourth-order valence-electron chi connectivity index (χ4n) is 5.28. The largest absolute Gasteiger partial charge is 0.497 e. The van der Waals surface area contributed by atoms with Gasteiger partial charge in [0.1, 0.15) is 18.3 Å². The number of carbonyl (C=O) groups excluding carboxylic acids is 4. The number of hydrogen-bond donors (Lipinski definition) is 1. The molecule has 10 nitrogen and oxygen atoms in total. The van der Waals surface area contributed by atoms with Gasteiger partial charge in [-0.15, -0.1) is 0 Å². The van der Waals surface area contributed by atoms with Crippen molar-refractivity contribution in [2.45, 2.75) is 25.9 Å². The standard InChI is InChI=1S/C32H34N4O6/c1-3-27(31(39)33-23-10-12-24(13-11-23)34-16-18-42-19-17-34)35(20-22-8-14-25(41-2)15-9-22)29(37)21-36-28-7-5-4-6-26(28)30(38)32(36)40/h4-15,27H,3,16-21H2,1-2H3,(H,33,39). The van der Waals surface area contributed by atoms with Gasteiger partial charge in [-0.2, -0.15) is 0 Å². The van der Waals surface area contributed by atoms with Crippen LogP contribution in [0.1, 0.15) is 29.3 Å². The van der Waals surface area contributed by atoms with Crippen molar-refractivity contribution in [1.29, 1.82) is 0 Å². The summed E-state index contributed by atoms with van der Waals surface area (Å²) in [4.78, 5) is 57.7. The van der Waals surface area contributed by atoms with Gasteiger partial charge < -0.3 is 24.6 Å². The van der Waals surface area contributed by atoms with Gasteiger partial charge in [0.05, 0.1) is 31.6 Å². The van der Waals surface area contributed by atoms with Crippen LogP contribution in [0.15, 0.2) is 72.8 Å². The molecule has 0 radical (unpaired) electrons. The van der Waals surface area contributed by atoms with Crippen molar-refractivity contribution in [3.05, 3.63) is 83.9 Å². The van der Waals surface area contributed by atoms with Crippen LogP contribution in [0.2, 0.25) is 0 Å². The predicted octanol–water partition coefficient (Wildman–Crippen LogP) is 3.51. The van der Waals surface area contributed by atoms with Crippen LogP contribution in [0, 0.1) is 0 Å². The van der Waals surface area contributed by atoms with E-state index < -0.39 is 23.6 Å². The van der Waals surface area contributed by atoms with Gasteiger partial charge in [0.25, 0.3) is 11.7 Å². The van der Waals surface area contributed by atoms with E-state index in [1.807, 2.05) is 43.3 Å². The average molecular weight is 571 g/mol. The number of para-hydroxylation sites is 1. The van der Waals surface area contributed by atoms with E-state index in [2.05, 4.69) is 10.2 Å². The van der Waals surface area contributed by atoms with E-state index in [1.54, 1.807) is 43.5 Å². The van der Waals surface area contributed by atoms with Crippen molar-refractivity contribution >= 4 is 40.6 Å². The molecule has 0 bridgehead atoms. The maximum Gasteiger partial charge on any atom is 0.299 e. The molecule has 0 aromatic heterocycles. The summed E-state index contributed by atoms with van der Waals surface area (Å²) in [6.07, 6.45) is 0.336. The summed E-state index contributed by atoms with van der Waals surface area (Å²) >= 11 is 0. The van der Waals surface area contributed by atoms with Crippen LogP contribution < -0.4 is 19.9 Å². The molecule has 3 amide bonds. The Bertz CT molecular complexity index is 1450. The zero-order valence-corrected chi connectivity index (χ0v) is 23.7. The first kappa shape index (κ1) is 28.8. The van der Waals surface area contributed by atoms with Crippen molar-refractivity contribution in [2.75, 3.05) is 55.1 Å². The third-order valence-corrected chi connectivity index (χ3v) is 7.58. The fourth-order valence-corrected chi connectivity index (χ4v) is 5.28. The number of Topliss-reactive ketones (excluding diaryl/α,β-unsaturated/α-hetero) is 1. The topological polar surface area (TPSA) is 108 Å². The molecule has 2 heterocycles. The second kappa shape index (κ2) is 12.9. The first-order valence-corrected chi connectivity index (χ1v) is 14.0. The molecule has 218 valence electrons. The summed E-state index contributed by atoms with van der Waals surface area (Å²) in [6.45, 7) is 4.57. The molecular formula is C32H34N4O6. The third-order valence-electron chi connectivity index (χ3n) is 7.58. The smallest absolute Gasteiger partial charge is 0.299 e. The summed E-state index contributed by atoms with van der Waals surface area (Å²) < 4.78 is 10.7. The van der Waals surface area contributed by atoms with E-state index in [0.717, 1.165) is 24.3 Å². The van der Waals surface area contributed by atoms with Crippen molar-refractivity contribution in [1.82, 2.24) is 4.90 Å². The minimum absolute atomic E-state index is 0.127. The molecule has 10 heteroatoms. The Hall–Kier alpha value is -4.70. The molecule has 1 fully saturated rings. The van der Waals surface area contributed by atoms with Crippen molar-refractivity contribution in [2.24, 2.45) is 0 Å². The van der Waals surface area contributed by atoms with Gasteiger partial charge in [-0.25, -0.2) is 0 Å². The van der Waals surface area contributed by atoms with Crippen LogP contribution >= 0.6 is 0 Å². The number of ether oxygens (including phenoxy) is 2. The van der Waals surface area contributed by atoms with Gasteiger partial charge in [0, 0.05) is 31.0 Å².